The number of rotatable bonds is 8. The van der Waals surface area contributed by atoms with E-state index < -0.39 is 4.92 Å². The molecule has 0 fully saturated rings. The number of anilines is 1. The van der Waals surface area contributed by atoms with Gasteiger partial charge in [-0.3, -0.25) is 15.4 Å². The highest BCUT2D eigenvalue weighted by atomic mass is 16.6. The van der Waals surface area contributed by atoms with Gasteiger partial charge in [0, 0.05) is 0 Å². The third-order valence-corrected chi connectivity index (χ3v) is 3.39. The molecule has 0 amide bonds. The average Bonchev–Trinajstić information content (AvgIpc) is 2.42. The molecule has 0 bridgehead atoms. The first kappa shape index (κ1) is 16.2. The third kappa shape index (κ3) is 4.36. The maximum Gasteiger partial charge on any atom is 0.284 e. The van der Waals surface area contributed by atoms with Crippen LogP contribution in [0, 0.1) is 22.2 Å². The van der Waals surface area contributed by atoms with Crippen LogP contribution in [0.1, 0.15) is 51.6 Å². The van der Waals surface area contributed by atoms with E-state index in [2.05, 4.69) is 12.2 Å². The van der Waals surface area contributed by atoms with E-state index in [4.69, 9.17) is 0 Å². The maximum absolute atomic E-state index is 12.0. The van der Waals surface area contributed by atoms with Gasteiger partial charge in [-0.25, -0.2) is 4.73 Å². The van der Waals surface area contributed by atoms with Gasteiger partial charge in [0.05, 0.1) is 17.0 Å². The average molecular weight is 281 g/mol. The van der Waals surface area contributed by atoms with Gasteiger partial charge in [0.1, 0.15) is 11.8 Å². The predicted molar refractivity (Wildman–Crippen MR) is 78.6 cm³/mol. The number of unbranched alkanes of at least 4 members (excludes halogenated alkanes) is 2. The summed E-state index contributed by atoms with van der Waals surface area (Å²) in [6.07, 6.45) is 5.24. The Morgan fingerprint density at radius 2 is 2.05 bits per heavy atom. The molecular weight excluding hydrogens is 258 g/mol. The Labute approximate surface area is 119 Å². The molecule has 1 rings (SSSR count). The van der Waals surface area contributed by atoms with E-state index in [0.717, 1.165) is 36.8 Å². The minimum Gasteiger partial charge on any atom is -0.710 e. The van der Waals surface area contributed by atoms with E-state index in [1.807, 2.05) is 6.92 Å². The highest BCUT2D eigenvalue weighted by Gasteiger charge is 2.19. The highest BCUT2D eigenvalue weighted by molar-refractivity contribution is 5.42. The Bertz CT molecular complexity index is 463. The van der Waals surface area contributed by atoms with E-state index in [-0.39, 0.29) is 17.5 Å². The van der Waals surface area contributed by atoms with Gasteiger partial charge in [-0.05, 0) is 26.2 Å². The van der Waals surface area contributed by atoms with Crippen LogP contribution in [0.5, 0.6) is 0 Å². The molecule has 6 nitrogen and oxygen atoms in total. The van der Waals surface area contributed by atoms with Gasteiger partial charge >= 0.3 is 0 Å². The third-order valence-electron chi connectivity index (χ3n) is 3.39. The number of hydrogen-bond donors (Lipinski definition) is 1. The fraction of sp³-hybridized carbons (Fsp3) is 0.643. The van der Waals surface area contributed by atoms with Gasteiger partial charge < -0.3 is 5.21 Å². The van der Waals surface area contributed by atoms with Crippen LogP contribution < -0.4 is 10.0 Å². The SMILES string of the molecule is CCCCCC(CC)Nc1cc([N+](=O)[O-])cc(C)[n+]1[O-]. The van der Waals surface area contributed by atoms with Crippen molar-refractivity contribution in [2.75, 3.05) is 5.32 Å². The van der Waals surface area contributed by atoms with Crippen molar-refractivity contribution < 1.29 is 9.65 Å². The summed E-state index contributed by atoms with van der Waals surface area (Å²) < 4.78 is 0.718. The molecule has 0 aliphatic heterocycles. The Morgan fingerprint density at radius 3 is 2.60 bits per heavy atom. The summed E-state index contributed by atoms with van der Waals surface area (Å²) >= 11 is 0. The number of aromatic nitrogens is 1. The molecule has 1 aromatic heterocycles. The molecule has 0 radical (unpaired) electrons. The second kappa shape index (κ2) is 7.67. The zero-order valence-electron chi connectivity index (χ0n) is 12.4. The molecule has 0 aromatic carbocycles. The lowest BCUT2D eigenvalue weighted by atomic mass is 10.1. The summed E-state index contributed by atoms with van der Waals surface area (Å²) in [5, 5.41) is 25.9. The minimum absolute atomic E-state index is 0.0551. The summed E-state index contributed by atoms with van der Waals surface area (Å²) in [4.78, 5) is 10.4. The second-order valence-electron chi connectivity index (χ2n) is 5.04. The number of nitrogens with one attached hydrogen (secondary N) is 1. The van der Waals surface area contributed by atoms with Gasteiger partial charge in [-0.1, -0.05) is 26.7 Å². The van der Waals surface area contributed by atoms with Crippen LogP contribution in [0.3, 0.4) is 0 Å². The Balaban J connectivity index is 2.86. The van der Waals surface area contributed by atoms with Gasteiger partial charge in [0.25, 0.3) is 11.5 Å². The zero-order valence-corrected chi connectivity index (χ0v) is 12.4. The van der Waals surface area contributed by atoms with Gasteiger partial charge in [0.15, 0.2) is 0 Å². The summed E-state index contributed by atoms with van der Waals surface area (Å²) in [5.74, 6) is 0.264. The predicted octanol–water partition coefficient (Wildman–Crippen LogP) is 3.31. The summed E-state index contributed by atoms with van der Waals surface area (Å²) in [6, 6.07) is 2.77. The quantitative estimate of drug-likeness (QED) is 0.260. The Morgan fingerprint density at radius 1 is 1.35 bits per heavy atom. The molecule has 1 unspecified atom stereocenters. The first-order valence-corrected chi connectivity index (χ1v) is 7.14. The molecule has 0 aliphatic rings. The molecule has 6 heteroatoms. The standard InChI is InChI=1S/C14H23N3O3/c1-4-6-7-8-12(5-2)15-14-10-13(17(19)20)9-11(3)16(14)18/h9-10,12,15H,4-8H2,1-3H3. The van der Waals surface area contributed by atoms with E-state index in [9.17, 15) is 15.3 Å². The van der Waals surface area contributed by atoms with Gasteiger partial charge in [-0.15, -0.1) is 0 Å². The smallest absolute Gasteiger partial charge is 0.284 e. The van der Waals surface area contributed by atoms with Crippen LogP contribution in [0.2, 0.25) is 0 Å². The molecule has 112 valence electrons. The minimum atomic E-state index is -0.476. The lowest BCUT2D eigenvalue weighted by molar-refractivity contribution is -0.598. The highest BCUT2D eigenvalue weighted by Crippen LogP contribution is 2.18. The fourth-order valence-corrected chi connectivity index (χ4v) is 2.14. The van der Waals surface area contributed by atoms with Crippen molar-refractivity contribution in [3.8, 4) is 0 Å². The van der Waals surface area contributed by atoms with E-state index in [0.29, 0.717) is 5.69 Å². The van der Waals surface area contributed by atoms with Crippen molar-refractivity contribution in [2.45, 2.75) is 58.9 Å². The lowest BCUT2D eigenvalue weighted by Crippen LogP contribution is -2.37. The molecule has 0 spiro atoms. The van der Waals surface area contributed by atoms with Crippen molar-refractivity contribution in [1.29, 1.82) is 0 Å². The fourth-order valence-electron chi connectivity index (χ4n) is 2.14. The van der Waals surface area contributed by atoms with Crippen molar-refractivity contribution in [1.82, 2.24) is 0 Å². The summed E-state index contributed by atoms with van der Waals surface area (Å²) in [7, 11) is 0. The molecule has 20 heavy (non-hydrogen) atoms. The van der Waals surface area contributed by atoms with Crippen LogP contribution in [-0.2, 0) is 0 Å². The zero-order chi connectivity index (χ0) is 15.1. The van der Waals surface area contributed by atoms with Crippen molar-refractivity contribution in [2.24, 2.45) is 0 Å². The molecule has 1 atom stereocenters. The molecule has 1 heterocycles. The van der Waals surface area contributed by atoms with Crippen LogP contribution in [0.4, 0.5) is 11.5 Å². The van der Waals surface area contributed by atoms with Crippen LogP contribution in [-0.4, -0.2) is 11.0 Å². The van der Waals surface area contributed by atoms with Gasteiger partial charge in [-0.2, -0.15) is 0 Å². The van der Waals surface area contributed by atoms with E-state index >= 15 is 0 Å². The van der Waals surface area contributed by atoms with Crippen molar-refractivity contribution in [3.05, 3.63) is 33.1 Å². The largest absolute Gasteiger partial charge is 0.710 e. The molecule has 1 aromatic rings. The molecule has 0 saturated carbocycles. The topological polar surface area (TPSA) is 82.1 Å². The molecule has 1 N–H and O–H groups in total. The van der Waals surface area contributed by atoms with Crippen LogP contribution in [0.25, 0.3) is 0 Å². The Kier molecular flexibility index (Phi) is 6.21. The van der Waals surface area contributed by atoms with Crippen LogP contribution in [0.15, 0.2) is 12.1 Å². The monoisotopic (exact) mass is 281 g/mol. The molecule has 0 saturated heterocycles. The maximum atomic E-state index is 12.0. The van der Waals surface area contributed by atoms with E-state index in [1.165, 1.54) is 12.1 Å². The first-order chi connectivity index (χ1) is 9.49. The normalized spacial score (nSPS) is 12.2. The number of hydrogen-bond acceptors (Lipinski definition) is 4. The summed E-state index contributed by atoms with van der Waals surface area (Å²) in [5.41, 5.74) is 0.269. The number of pyridine rings is 1. The summed E-state index contributed by atoms with van der Waals surface area (Å²) in [6.45, 7) is 5.76. The molecule has 0 aliphatic carbocycles. The number of nitrogens with zero attached hydrogens (tertiary/aromatic N) is 2. The van der Waals surface area contributed by atoms with Crippen molar-refractivity contribution >= 4 is 11.5 Å². The van der Waals surface area contributed by atoms with Crippen LogP contribution >= 0.6 is 0 Å². The lowest BCUT2D eigenvalue weighted by Gasteiger charge is -2.17. The number of nitro groups is 1. The second-order valence-corrected chi connectivity index (χ2v) is 5.04. The first-order valence-electron chi connectivity index (χ1n) is 7.14. The molecular formula is C14H23N3O3. The van der Waals surface area contributed by atoms with E-state index in [1.54, 1.807) is 6.92 Å². The number of aryl methyl sites for hydroxylation is 1. The van der Waals surface area contributed by atoms with Crippen molar-refractivity contribution in [3.63, 3.8) is 0 Å². The Hall–Kier alpha value is -1.85. The van der Waals surface area contributed by atoms with Gasteiger partial charge in [0.2, 0.25) is 0 Å².